The molecule has 1 amide bonds. The van der Waals surface area contributed by atoms with Crippen LogP contribution in [0.2, 0.25) is 0 Å². The quantitative estimate of drug-likeness (QED) is 0.480. The molecule has 9 heteroatoms. The van der Waals surface area contributed by atoms with E-state index in [1.54, 1.807) is 24.3 Å². The summed E-state index contributed by atoms with van der Waals surface area (Å²) >= 11 is 0. The Balaban J connectivity index is 1.56. The molecule has 0 fully saturated rings. The number of nitrogens with one attached hydrogen (secondary N) is 1. The summed E-state index contributed by atoms with van der Waals surface area (Å²) in [4.78, 5) is 24.1. The van der Waals surface area contributed by atoms with Gasteiger partial charge in [-0.3, -0.25) is 4.79 Å². The van der Waals surface area contributed by atoms with Crippen LogP contribution < -0.4 is 15.7 Å². The minimum absolute atomic E-state index is 0.0163. The molecule has 148 valence electrons. The van der Waals surface area contributed by atoms with Gasteiger partial charge >= 0.3 is 13.1 Å². The largest absolute Gasteiger partial charge is 0.547 e. The van der Waals surface area contributed by atoms with Gasteiger partial charge in [0.05, 0.1) is 11.5 Å². The fraction of sp³-hybridized carbons (Fsp3) is 0.200. The molecule has 1 atom stereocenters. The van der Waals surface area contributed by atoms with Crippen LogP contribution in [-0.2, 0) is 13.0 Å². The maximum absolute atomic E-state index is 12.8. The van der Waals surface area contributed by atoms with E-state index in [2.05, 4.69) is 5.32 Å². The number of hydrogen-bond acceptors (Lipinski definition) is 5. The number of carboxylic acids is 1. The summed E-state index contributed by atoms with van der Waals surface area (Å²) in [5.74, 6) is -2.05. The maximum atomic E-state index is 12.8. The molecule has 0 spiro atoms. The third kappa shape index (κ3) is 3.57. The first-order valence-electron chi connectivity index (χ1n) is 9.27. The zero-order valence-corrected chi connectivity index (χ0v) is 15.5. The minimum atomic E-state index is -1.35. The van der Waals surface area contributed by atoms with Crippen molar-refractivity contribution in [1.82, 2.24) is 9.88 Å². The molecule has 8 nitrogen and oxygen atoms in total. The summed E-state index contributed by atoms with van der Waals surface area (Å²) in [5, 5.41) is 23.4. The summed E-state index contributed by atoms with van der Waals surface area (Å²) in [5.41, 5.74) is 7.59. The van der Waals surface area contributed by atoms with Gasteiger partial charge in [-0.2, -0.15) is 0 Å². The molecule has 4 rings (SSSR count). The minimum Gasteiger partial charge on any atom is -0.534 e. The van der Waals surface area contributed by atoms with E-state index >= 15 is 0 Å². The van der Waals surface area contributed by atoms with Crippen LogP contribution in [0.3, 0.4) is 0 Å². The normalized spacial score (nSPS) is 15.7. The Morgan fingerprint density at radius 2 is 2.10 bits per heavy atom. The summed E-state index contributed by atoms with van der Waals surface area (Å²) in [6, 6.07) is 12.1. The fourth-order valence-corrected chi connectivity index (χ4v) is 3.63. The van der Waals surface area contributed by atoms with Crippen molar-refractivity contribution in [3.8, 4) is 5.75 Å². The van der Waals surface area contributed by atoms with Crippen molar-refractivity contribution in [1.29, 1.82) is 0 Å². The highest BCUT2D eigenvalue weighted by molar-refractivity contribution is 6.47. The number of hydrogen-bond donors (Lipinski definition) is 4. The van der Waals surface area contributed by atoms with E-state index in [1.165, 1.54) is 6.07 Å². The van der Waals surface area contributed by atoms with Gasteiger partial charge in [-0.05, 0) is 41.6 Å². The number of benzene rings is 2. The molecular formula is C20H20BN3O5. The van der Waals surface area contributed by atoms with Gasteiger partial charge in [0.2, 0.25) is 0 Å². The van der Waals surface area contributed by atoms with Crippen molar-refractivity contribution in [3.63, 3.8) is 0 Å². The van der Waals surface area contributed by atoms with Crippen LogP contribution in [0.4, 0.5) is 0 Å². The zero-order chi connectivity index (χ0) is 20.5. The second-order valence-electron chi connectivity index (χ2n) is 6.96. The number of rotatable bonds is 5. The Kier molecular flexibility index (Phi) is 5.00. The molecule has 3 aromatic rings. The number of carbonyl (C=O) groups is 2. The van der Waals surface area contributed by atoms with E-state index < -0.39 is 19.0 Å². The third-order valence-electron chi connectivity index (χ3n) is 5.07. The van der Waals surface area contributed by atoms with Crippen molar-refractivity contribution in [3.05, 3.63) is 65.4 Å². The Morgan fingerprint density at radius 3 is 2.86 bits per heavy atom. The molecular weight excluding hydrogens is 373 g/mol. The van der Waals surface area contributed by atoms with Crippen LogP contribution in [0, 0.1) is 0 Å². The van der Waals surface area contributed by atoms with Crippen molar-refractivity contribution < 1.29 is 24.4 Å². The Morgan fingerprint density at radius 1 is 1.28 bits per heavy atom. The lowest BCUT2D eigenvalue weighted by Crippen LogP contribution is -2.53. The van der Waals surface area contributed by atoms with Crippen LogP contribution in [0.1, 0.15) is 26.3 Å². The lowest BCUT2D eigenvalue weighted by molar-refractivity contribution is 0.0693. The first-order chi connectivity index (χ1) is 14.0. The molecule has 0 aliphatic carbocycles. The standard InChI is InChI=1S/C20H20BN3O5/c22-7-9-24-8-6-12-4-5-14(10-16(12)24)19(25)23-17-11-13-2-1-3-15(20(26)27)18(13)29-21(17)28/h1-6,8,10,17,28H,7,9,11,22H2,(H,23,25)(H,26,27). The lowest BCUT2D eigenvalue weighted by Gasteiger charge is -2.28. The maximum Gasteiger partial charge on any atom is 0.547 e. The zero-order valence-electron chi connectivity index (χ0n) is 15.5. The van der Waals surface area contributed by atoms with E-state index in [9.17, 15) is 19.7 Å². The van der Waals surface area contributed by atoms with Crippen molar-refractivity contribution in [2.24, 2.45) is 5.73 Å². The fourth-order valence-electron chi connectivity index (χ4n) is 3.63. The van der Waals surface area contributed by atoms with Gasteiger partial charge in [0.15, 0.2) is 0 Å². The number of fused-ring (bicyclic) bond motifs is 2. The Hall–Kier alpha value is -3.30. The molecule has 0 radical (unpaired) electrons. The second-order valence-corrected chi connectivity index (χ2v) is 6.96. The highest BCUT2D eigenvalue weighted by Gasteiger charge is 2.37. The molecule has 29 heavy (non-hydrogen) atoms. The predicted molar refractivity (Wildman–Crippen MR) is 108 cm³/mol. The number of nitrogens with zero attached hydrogens (tertiary/aromatic N) is 1. The van der Waals surface area contributed by atoms with Crippen LogP contribution in [0.15, 0.2) is 48.7 Å². The third-order valence-corrected chi connectivity index (χ3v) is 5.07. The van der Waals surface area contributed by atoms with Crippen molar-refractivity contribution >= 4 is 29.9 Å². The summed E-state index contributed by atoms with van der Waals surface area (Å²) in [7, 11) is -1.35. The van der Waals surface area contributed by atoms with Gasteiger partial charge in [0.1, 0.15) is 5.75 Å². The average molecular weight is 393 g/mol. The number of amides is 1. The Bertz CT molecular complexity index is 1100. The SMILES string of the molecule is NCCn1ccc2ccc(C(=O)NC3Cc4cccc(C(=O)O)c4OB3O)cc21. The van der Waals surface area contributed by atoms with Crippen LogP contribution in [0.5, 0.6) is 5.75 Å². The van der Waals surface area contributed by atoms with Crippen LogP contribution in [-0.4, -0.2) is 46.2 Å². The van der Waals surface area contributed by atoms with E-state index in [-0.39, 0.29) is 23.6 Å². The summed E-state index contributed by atoms with van der Waals surface area (Å²) in [6.07, 6.45) is 2.18. The number of carbonyl (C=O) groups excluding carboxylic acids is 1. The van der Waals surface area contributed by atoms with Crippen molar-refractivity contribution in [2.75, 3.05) is 6.54 Å². The van der Waals surface area contributed by atoms with E-state index in [4.69, 9.17) is 10.4 Å². The topological polar surface area (TPSA) is 127 Å². The van der Waals surface area contributed by atoms with E-state index in [0.29, 0.717) is 24.2 Å². The van der Waals surface area contributed by atoms with Gasteiger partial charge in [0.25, 0.3) is 5.91 Å². The highest BCUT2D eigenvalue weighted by atomic mass is 16.5. The number of carboxylic acid groups (broad SMARTS) is 1. The first kappa shape index (κ1) is 19.0. The molecule has 1 unspecified atom stereocenters. The number of aromatic carboxylic acids is 1. The molecule has 0 saturated carbocycles. The predicted octanol–water partition coefficient (Wildman–Crippen LogP) is 1.05. The molecule has 0 saturated heterocycles. The van der Waals surface area contributed by atoms with E-state index in [1.807, 2.05) is 22.9 Å². The highest BCUT2D eigenvalue weighted by Crippen LogP contribution is 2.30. The van der Waals surface area contributed by atoms with Gasteiger partial charge in [-0.15, -0.1) is 0 Å². The lowest BCUT2D eigenvalue weighted by atomic mass is 9.72. The second kappa shape index (κ2) is 7.61. The van der Waals surface area contributed by atoms with Gasteiger partial charge in [-0.25, -0.2) is 4.79 Å². The Labute approximate surface area is 167 Å². The molecule has 1 aliphatic rings. The van der Waals surface area contributed by atoms with Gasteiger partial charge < -0.3 is 30.4 Å². The first-order valence-corrected chi connectivity index (χ1v) is 9.27. The van der Waals surface area contributed by atoms with E-state index in [0.717, 1.165) is 10.9 Å². The molecule has 1 aliphatic heterocycles. The summed E-state index contributed by atoms with van der Waals surface area (Å²) < 4.78 is 7.41. The molecule has 5 N–H and O–H groups in total. The van der Waals surface area contributed by atoms with Gasteiger partial charge in [-0.1, -0.05) is 18.2 Å². The molecule has 1 aromatic heterocycles. The number of nitrogens with two attached hydrogens (primary N) is 1. The monoisotopic (exact) mass is 393 g/mol. The van der Waals surface area contributed by atoms with Crippen molar-refractivity contribution in [2.45, 2.75) is 18.9 Å². The smallest absolute Gasteiger partial charge is 0.534 e. The molecule has 2 heterocycles. The molecule has 0 bridgehead atoms. The van der Waals surface area contributed by atoms with Gasteiger partial charge in [0, 0.05) is 30.4 Å². The number of aromatic nitrogens is 1. The molecule has 2 aromatic carbocycles. The van der Waals surface area contributed by atoms with Crippen LogP contribution >= 0.6 is 0 Å². The average Bonchev–Trinajstić information content (AvgIpc) is 3.10. The number of para-hydroxylation sites is 1. The summed E-state index contributed by atoms with van der Waals surface area (Å²) in [6.45, 7) is 1.13. The van der Waals surface area contributed by atoms with Crippen LogP contribution in [0.25, 0.3) is 10.9 Å².